The lowest BCUT2D eigenvalue weighted by atomic mass is 9.98. The Kier molecular flexibility index (Phi) is 3.94. The summed E-state index contributed by atoms with van der Waals surface area (Å²) in [5.41, 5.74) is 2.04. The maximum absolute atomic E-state index is 12.2. The number of carbonyl (C=O) groups is 2. The molecule has 4 nitrogen and oxygen atoms in total. The van der Waals surface area contributed by atoms with Crippen LogP contribution in [-0.4, -0.2) is 24.5 Å². The quantitative estimate of drug-likeness (QED) is 0.776. The van der Waals surface area contributed by atoms with Gasteiger partial charge in [-0.05, 0) is 49.3 Å². The minimum absolute atomic E-state index is 0.0197. The molecule has 4 heteroatoms. The van der Waals surface area contributed by atoms with Crippen molar-refractivity contribution < 1.29 is 14.3 Å². The molecule has 0 heterocycles. The lowest BCUT2D eigenvalue weighted by Gasteiger charge is -2.09. The first-order chi connectivity index (χ1) is 9.52. The van der Waals surface area contributed by atoms with Crippen molar-refractivity contribution in [2.45, 2.75) is 13.8 Å². The van der Waals surface area contributed by atoms with Crippen LogP contribution in [-0.2, 0) is 4.79 Å². The molecule has 0 bridgehead atoms. The number of ether oxygens (including phenoxy) is 1. The molecule has 1 aromatic carbocycles. The first-order valence-corrected chi connectivity index (χ1v) is 6.20. The van der Waals surface area contributed by atoms with Crippen LogP contribution < -0.4 is 4.74 Å². The van der Waals surface area contributed by atoms with Gasteiger partial charge in [0.25, 0.3) is 5.91 Å². The summed E-state index contributed by atoms with van der Waals surface area (Å²) in [6, 6.07) is 6.91. The lowest BCUT2D eigenvalue weighted by molar-refractivity contribution is -0.112. The molecule has 0 aliphatic heterocycles. The fraction of sp³-hybridized carbons (Fsp3) is 0.188. The highest BCUT2D eigenvalue weighted by atomic mass is 16.5. The van der Waals surface area contributed by atoms with Crippen LogP contribution in [0.2, 0.25) is 0 Å². The standard InChI is InChI=1S/C16H15NO3/c1-10-8-12(9-11(2)15(10)18)17-16(19)13-6-4-5-7-14(13)20-3/h4-9H,1-3H3. The van der Waals surface area contributed by atoms with Crippen molar-refractivity contribution >= 4 is 17.4 Å². The molecule has 1 aliphatic carbocycles. The molecule has 0 radical (unpaired) electrons. The maximum Gasteiger partial charge on any atom is 0.281 e. The zero-order valence-corrected chi connectivity index (χ0v) is 11.6. The van der Waals surface area contributed by atoms with Gasteiger partial charge >= 0.3 is 0 Å². The van der Waals surface area contributed by atoms with Gasteiger partial charge in [-0.3, -0.25) is 9.59 Å². The first-order valence-electron chi connectivity index (χ1n) is 6.20. The number of allylic oxidation sites excluding steroid dienone is 4. The zero-order valence-electron chi connectivity index (χ0n) is 11.6. The predicted molar refractivity (Wildman–Crippen MR) is 77.3 cm³/mol. The normalized spacial score (nSPS) is 14.6. The SMILES string of the molecule is COc1ccccc1C(=O)N=C1C=C(C)C(=O)C(C)=C1. The van der Waals surface area contributed by atoms with Gasteiger partial charge in [0.15, 0.2) is 5.78 Å². The number of aliphatic imine (C=N–C) groups is 1. The number of Topliss-reactive ketones (excluding diaryl/α,β-unsaturated/α-hetero) is 1. The Bertz CT molecular complexity index is 642. The fourth-order valence-electron chi connectivity index (χ4n) is 1.99. The number of amides is 1. The van der Waals surface area contributed by atoms with Gasteiger partial charge in [0.1, 0.15) is 5.75 Å². The third kappa shape index (κ3) is 2.74. The largest absolute Gasteiger partial charge is 0.496 e. The number of ketones is 1. The molecule has 1 aliphatic rings. The van der Waals surface area contributed by atoms with Crippen LogP contribution in [0.1, 0.15) is 24.2 Å². The molecule has 0 saturated heterocycles. The molecule has 0 aromatic heterocycles. The number of rotatable bonds is 2. The van der Waals surface area contributed by atoms with E-state index in [1.54, 1.807) is 50.3 Å². The maximum atomic E-state index is 12.2. The molecule has 102 valence electrons. The molecule has 0 fully saturated rings. The summed E-state index contributed by atoms with van der Waals surface area (Å²) >= 11 is 0. The molecule has 1 amide bonds. The number of para-hydroxylation sites is 1. The molecular weight excluding hydrogens is 254 g/mol. The van der Waals surface area contributed by atoms with Crippen LogP contribution in [0, 0.1) is 0 Å². The van der Waals surface area contributed by atoms with Gasteiger partial charge in [0.2, 0.25) is 0 Å². The number of methoxy groups -OCH3 is 1. The van der Waals surface area contributed by atoms with Crippen molar-refractivity contribution in [3.05, 3.63) is 53.1 Å². The average Bonchev–Trinajstić information content (AvgIpc) is 2.44. The van der Waals surface area contributed by atoms with Crippen molar-refractivity contribution in [1.82, 2.24) is 0 Å². The third-order valence-electron chi connectivity index (χ3n) is 3.01. The van der Waals surface area contributed by atoms with E-state index in [4.69, 9.17) is 4.74 Å². The Morgan fingerprint density at radius 3 is 2.30 bits per heavy atom. The van der Waals surface area contributed by atoms with Crippen LogP contribution in [0.5, 0.6) is 5.75 Å². The van der Waals surface area contributed by atoms with Crippen LogP contribution >= 0.6 is 0 Å². The summed E-state index contributed by atoms with van der Waals surface area (Å²) in [4.78, 5) is 27.8. The van der Waals surface area contributed by atoms with Gasteiger partial charge in [0, 0.05) is 0 Å². The topological polar surface area (TPSA) is 55.7 Å². The van der Waals surface area contributed by atoms with Crippen LogP contribution in [0.25, 0.3) is 0 Å². The summed E-state index contributed by atoms with van der Waals surface area (Å²) in [6.45, 7) is 3.42. The lowest BCUT2D eigenvalue weighted by Crippen LogP contribution is -2.12. The van der Waals surface area contributed by atoms with Gasteiger partial charge in [-0.15, -0.1) is 0 Å². The summed E-state index contributed by atoms with van der Waals surface area (Å²) in [6.07, 6.45) is 3.23. The number of benzene rings is 1. The van der Waals surface area contributed by atoms with Crippen molar-refractivity contribution in [3.8, 4) is 5.75 Å². The van der Waals surface area contributed by atoms with E-state index in [9.17, 15) is 9.59 Å². The van der Waals surface area contributed by atoms with E-state index in [2.05, 4.69) is 4.99 Å². The summed E-state index contributed by atoms with van der Waals surface area (Å²) in [5.74, 6) is 0.0729. The minimum atomic E-state index is -0.389. The van der Waals surface area contributed by atoms with Crippen molar-refractivity contribution in [1.29, 1.82) is 0 Å². The molecular formula is C16H15NO3. The minimum Gasteiger partial charge on any atom is -0.496 e. The van der Waals surface area contributed by atoms with Crippen molar-refractivity contribution in [3.63, 3.8) is 0 Å². The number of nitrogens with zero attached hydrogens (tertiary/aromatic N) is 1. The van der Waals surface area contributed by atoms with Crippen molar-refractivity contribution in [2.24, 2.45) is 4.99 Å². The van der Waals surface area contributed by atoms with Gasteiger partial charge in [0.05, 0.1) is 18.4 Å². The molecule has 0 saturated carbocycles. The van der Waals surface area contributed by atoms with E-state index in [1.165, 1.54) is 7.11 Å². The highest BCUT2D eigenvalue weighted by Crippen LogP contribution is 2.19. The second kappa shape index (κ2) is 5.65. The Balaban J connectivity index is 2.36. The Morgan fingerprint density at radius 2 is 1.70 bits per heavy atom. The highest BCUT2D eigenvalue weighted by Gasteiger charge is 2.16. The average molecular weight is 269 g/mol. The summed E-state index contributed by atoms with van der Waals surface area (Å²) in [7, 11) is 1.51. The van der Waals surface area contributed by atoms with Gasteiger partial charge < -0.3 is 4.74 Å². The number of carbonyl (C=O) groups excluding carboxylic acids is 2. The summed E-state index contributed by atoms with van der Waals surface area (Å²) < 4.78 is 5.14. The van der Waals surface area contributed by atoms with Gasteiger partial charge in [-0.25, -0.2) is 4.99 Å². The molecule has 1 aromatic rings. The van der Waals surface area contributed by atoms with E-state index >= 15 is 0 Å². The van der Waals surface area contributed by atoms with Crippen molar-refractivity contribution in [2.75, 3.05) is 7.11 Å². The summed E-state index contributed by atoms with van der Waals surface area (Å²) in [5, 5.41) is 0. The Labute approximate surface area is 117 Å². The van der Waals surface area contributed by atoms with E-state index in [0.29, 0.717) is 28.2 Å². The number of hydrogen-bond donors (Lipinski definition) is 0. The third-order valence-corrected chi connectivity index (χ3v) is 3.01. The Morgan fingerprint density at radius 1 is 1.10 bits per heavy atom. The molecule has 2 rings (SSSR count). The molecule has 0 spiro atoms. The van der Waals surface area contributed by atoms with Crippen LogP contribution in [0.15, 0.2) is 52.6 Å². The van der Waals surface area contributed by atoms with Crippen LogP contribution in [0.4, 0.5) is 0 Å². The van der Waals surface area contributed by atoms with Gasteiger partial charge in [-0.2, -0.15) is 0 Å². The molecule has 0 N–H and O–H groups in total. The van der Waals surface area contributed by atoms with E-state index < -0.39 is 0 Å². The van der Waals surface area contributed by atoms with Gasteiger partial charge in [-0.1, -0.05) is 12.1 Å². The second-order valence-electron chi connectivity index (χ2n) is 4.53. The molecule has 0 atom stereocenters. The predicted octanol–water partition coefficient (Wildman–Crippen LogP) is 2.75. The first kappa shape index (κ1) is 13.9. The molecule has 0 unspecified atom stereocenters. The number of hydrogen-bond acceptors (Lipinski definition) is 3. The molecule has 20 heavy (non-hydrogen) atoms. The zero-order chi connectivity index (χ0) is 14.7. The van der Waals surface area contributed by atoms with E-state index in [1.807, 2.05) is 0 Å². The van der Waals surface area contributed by atoms with Crippen LogP contribution in [0.3, 0.4) is 0 Å². The smallest absolute Gasteiger partial charge is 0.281 e. The Hall–Kier alpha value is -2.49. The second-order valence-corrected chi connectivity index (χ2v) is 4.53. The van der Waals surface area contributed by atoms with E-state index in [0.717, 1.165) is 0 Å². The fourth-order valence-corrected chi connectivity index (χ4v) is 1.99. The van der Waals surface area contributed by atoms with E-state index in [-0.39, 0.29) is 11.7 Å². The monoisotopic (exact) mass is 269 g/mol. The highest BCUT2D eigenvalue weighted by molar-refractivity contribution is 6.23.